The molecular weight excluding hydrogens is 264 g/mol. The Balaban J connectivity index is 2.49. The van der Waals surface area contributed by atoms with Gasteiger partial charge in [0, 0.05) is 25.2 Å². The smallest absolute Gasteiger partial charge is 0.291 e. The topological polar surface area (TPSA) is 101 Å². The van der Waals surface area contributed by atoms with E-state index in [0.717, 1.165) is 6.54 Å². The van der Waals surface area contributed by atoms with Crippen LogP contribution in [0, 0.1) is 0 Å². The Morgan fingerprint density at radius 3 is 2.55 bits per heavy atom. The van der Waals surface area contributed by atoms with Crippen LogP contribution in [0.3, 0.4) is 0 Å². The molecule has 20 heavy (non-hydrogen) atoms. The zero-order valence-electron chi connectivity index (χ0n) is 12.3. The average Bonchev–Trinajstić information content (AvgIpc) is 2.82. The van der Waals surface area contributed by atoms with Crippen LogP contribution in [-0.4, -0.2) is 58.2 Å². The van der Waals surface area contributed by atoms with E-state index in [1.54, 1.807) is 0 Å². The molecular formula is C12H22N4O4. The van der Waals surface area contributed by atoms with Gasteiger partial charge in [0.1, 0.15) is 0 Å². The first-order valence-electron chi connectivity index (χ1n) is 6.57. The Hall–Kier alpha value is -1.67. The van der Waals surface area contributed by atoms with Crippen molar-refractivity contribution >= 4 is 5.91 Å². The van der Waals surface area contributed by atoms with Gasteiger partial charge >= 0.3 is 0 Å². The Labute approximate surface area is 118 Å². The van der Waals surface area contributed by atoms with Crippen molar-refractivity contribution in [2.75, 3.05) is 19.9 Å². The Morgan fingerprint density at radius 2 is 2.00 bits per heavy atom. The molecule has 0 bridgehead atoms. The minimum atomic E-state index is -0.594. The molecule has 0 aromatic carbocycles. The Morgan fingerprint density at radius 1 is 1.35 bits per heavy atom. The Kier molecular flexibility index (Phi) is 6.40. The molecule has 0 spiro atoms. The van der Waals surface area contributed by atoms with Crippen LogP contribution in [0.15, 0.2) is 4.63 Å². The number of nitrogens with zero attached hydrogens (tertiary/aromatic N) is 3. The summed E-state index contributed by atoms with van der Waals surface area (Å²) in [6, 6.07) is 0.794. The molecule has 8 heteroatoms. The second-order valence-electron chi connectivity index (χ2n) is 4.87. The van der Waals surface area contributed by atoms with Crippen molar-refractivity contribution in [3.63, 3.8) is 0 Å². The molecule has 0 saturated carbocycles. The van der Waals surface area contributed by atoms with Gasteiger partial charge in [-0.1, -0.05) is 0 Å². The van der Waals surface area contributed by atoms with Crippen molar-refractivity contribution in [2.45, 2.75) is 39.8 Å². The van der Waals surface area contributed by atoms with Crippen LogP contribution in [0.4, 0.5) is 0 Å². The summed E-state index contributed by atoms with van der Waals surface area (Å²) in [5.74, 6) is -0.559. The van der Waals surface area contributed by atoms with E-state index >= 15 is 0 Å². The molecule has 1 aromatic rings. The van der Waals surface area contributed by atoms with Gasteiger partial charge in [-0.3, -0.25) is 9.69 Å². The molecule has 0 saturated heterocycles. The number of aliphatic hydroxyl groups excluding tert-OH is 1. The Bertz CT molecular complexity index is 411. The third kappa shape index (κ3) is 4.46. The first-order chi connectivity index (χ1) is 9.47. The van der Waals surface area contributed by atoms with Crippen molar-refractivity contribution in [1.29, 1.82) is 0 Å². The third-order valence-electron chi connectivity index (χ3n) is 2.86. The van der Waals surface area contributed by atoms with E-state index in [9.17, 15) is 4.79 Å². The number of rotatable bonds is 8. The van der Waals surface area contributed by atoms with Crippen LogP contribution in [0.2, 0.25) is 0 Å². The fourth-order valence-electron chi connectivity index (χ4n) is 1.97. The van der Waals surface area contributed by atoms with E-state index in [-0.39, 0.29) is 11.6 Å². The SMILES string of the molecule is CC(C)N(CCNC(=O)c1nonc1OCO)C(C)C. The third-order valence-corrected chi connectivity index (χ3v) is 2.86. The van der Waals surface area contributed by atoms with Gasteiger partial charge < -0.3 is 15.2 Å². The molecule has 1 amide bonds. The fourth-order valence-corrected chi connectivity index (χ4v) is 1.97. The van der Waals surface area contributed by atoms with Crippen molar-refractivity contribution in [3.8, 4) is 5.88 Å². The van der Waals surface area contributed by atoms with E-state index in [0.29, 0.717) is 18.6 Å². The normalized spacial score (nSPS) is 11.4. The van der Waals surface area contributed by atoms with Crippen LogP contribution >= 0.6 is 0 Å². The summed E-state index contributed by atoms with van der Waals surface area (Å²) in [4.78, 5) is 14.1. The van der Waals surface area contributed by atoms with E-state index in [2.05, 4.69) is 52.9 Å². The molecule has 0 unspecified atom stereocenters. The van der Waals surface area contributed by atoms with Crippen molar-refractivity contribution in [1.82, 2.24) is 20.5 Å². The molecule has 8 nitrogen and oxygen atoms in total. The molecule has 0 atom stereocenters. The highest BCUT2D eigenvalue weighted by Gasteiger charge is 2.20. The summed E-state index contributed by atoms with van der Waals surface area (Å²) >= 11 is 0. The molecule has 1 rings (SSSR count). The first kappa shape index (κ1) is 16.4. The first-order valence-corrected chi connectivity index (χ1v) is 6.57. The second kappa shape index (κ2) is 7.81. The summed E-state index contributed by atoms with van der Waals surface area (Å²) in [5, 5.41) is 18.2. The number of hydrogen-bond donors (Lipinski definition) is 2. The zero-order chi connectivity index (χ0) is 15.1. The molecule has 114 valence electrons. The lowest BCUT2D eigenvalue weighted by Crippen LogP contribution is -2.42. The molecule has 0 fully saturated rings. The van der Waals surface area contributed by atoms with Crippen LogP contribution < -0.4 is 10.1 Å². The van der Waals surface area contributed by atoms with Gasteiger partial charge in [-0.25, -0.2) is 4.63 Å². The predicted octanol–water partition coefficient (Wildman–Crippen LogP) is 0.247. The highest BCUT2D eigenvalue weighted by atomic mass is 16.6. The van der Waals surface area contributed by atoms with E-state index in [1.165, 1.54) is 0 Å². The number of carbonyl (C=O) groups is 1. The van der Waals surface area contributed by atoms with Crippen LogP contribution in [-0.2, 0) is 0 Å². The number of amides is 1. The standard InChI is InChI=1S/C12H22N4O4/c1-8(2)16(9(3)4)6-5-13-11(18)10-12(19-7-17)15-20-14-10/h8-9,17H,5-7H2,1-4H3,(H,13,18). The molecule has 0 aliphatic heterocycles. The molecule has 2 N–H and O–H groups in total. The summed E-state index contributed by atoms with van der Waals surface area (Å²) in [6.07, 6.45) is 0. The summed E-state index contributed by atoms with van der Waals surface area (Å²) < 4.78 is 9.13. The fraction of sp³-hybridized carbons (Fsp3) is 0.750. The highest BCUT2D eigenvalue weighted by Crippen LogP contribution is 2.11. The minimum absolute atomic E-state index is 0.0697. The van der Waals surface area contributed by atoms with Crippen molar-refractivity contribution in [2.24, 2.45) is 0 Å². The number of nitrogens with one attached hydrogen (secondary N) is 1. The van der Waals surface area contributed by atoms with Gasteiger partial charge in [-0.2, -0.15) is 0 Å². The second-order valence-corrected chi connectivity index (χ2v) is 4.87. The maximum Gasteiger partial charge on any atom is 0.291 e. The monoisotopic (exact) mass is 286 g/mol. The molecule has 1 aromatic heterocycles. The number of aliphatic hydroxyl groups is 1. The lowest BCUT2D eigenvalue weighted by molar-refractivity contribution is 0.0850. The van der Waals surface area contributed by atoms with E-state index in [1.807, 2.05) is 0 Å². The van der Waals surface area contributed by atoms with Gasteiger partial charge in [-0.15, -0.1) is 0 Å². The maximum absolute atomic E-state index is 11.9. The van der Waals surface area contributed by atoms with Crippen LogP contribution in [0.25, 0.3) is 0 Å². The largest absolute Gasteiger partial charge is 0.447 e. The minimum Gasteiger partial charge on any atom is -0.447 e. The number of aromatic nitrogens is 2. The summed E-state index contributed by atoms with van der Waals surface area (Å²) in [7, 11) is 0. The van der Waals surface area contributed by atoms with Gasteiger partial charge in [0.2, 0.25) is 5.69 Å². The van der Waals surface area contributed by atoms with Crippen LogP contribution in [0.1, 0.15) is 38.2 Å². The van der Waals surface area contributed by atoms with Gasteiger partial charge in [0.15, 0.2) is 6.79 Å². The molecule has 1 heterocycles. The van der Waals surface area contributed by atoms with Crippen molar-refractivity contribution < 1.29 is 19.3 Å². The lowest BCUT2D eigenvalue weighted by atomic mass is 10.2. The maximum atomic E-state index is 11.9. The number of carbonyl (C=O) groups excluding carboxylic acids is 1. The molecule has 0 aliphatic rings. The lowest BCUT2D eigenvalue weighted by Gasteiger charge is -2.30. The van der Waals surface area contributed by atoms with E-state index in [4.69, 9.17) is 9.84 Å². The average molecular weight is 286 g/mol. The van der Waals surface area contributed by atoms with Crippen molar-refractivity contribution in [3.05, 3.63) is 5.69 Å². The quantitative estimate of drug-likeness (QED) is 0.660. The van der Waals surface area contributed by atoms with Gasteiger partial charge in [0.05, 0.1) is 0 Å². The number of hydrogen-bond acceptors (Lipinski definition) is 7. The van der Waals surface area contributed by atoms with Gasteiger partial charge in [-0.05, 0) is 38.0 Å². The zero-order valence-corrected chi connectivity index (χ0v) is 12.3. The highest BCUT2D eigenvalue weighted by molar-refractivity contribution is 5.94. The summed E-state index contributed by atoms with van der Waals surface area (Å²) in [6.45, 7) is 9.03. The van der Waals surface area contributed by atoms with Crippen LogP contribution in [0.5, 0.6) is 5.88 Å². The van der Waals surface area contributed by atoms with Gasteiger partial charge in [0.25, 0.3) is 11.8 Å². The predicted molar refractivity (Wildman–Crippen MR) is 71.3 cm³/mol. The number of ether oxygens (including phenoxy) is 1. The summed E-state index contributed by atoms with van der Waals surface area (Å²) in [5.41, 5.74) is -0.0697. The molecule has 0 radical (unpaired) electrons. The van der Waals surface area contributed by atoms with E-state index < -0.39 is 12.7 Å². The molecule has 0 aliphatic carbocycles.